The number of aliphatic hydroxyl groups is 1. The molecule has 0 aliphatic heterocycles. The quantitative estimate of drug-likeness (QED) is 0.720. The number of halogens is 4. The first-order valence-corrected chi connectivity index (χ1v) is 6.96. The predicted molar refractivity (Wildman–Crippen MR) is 73.2 cm³/mol. The molecule has 1 aromatic rings. The Hall–Kier alpha value is -0.750. The molecular formula is C13H17BrF3NO. The Morgan fingerprint density at radius 1 is 1.11 bits per heavy atom. The van der Waals surface area contributed by atoms with E-state index in [0.717, 1.165) is 31.7 Å². The summed E-state index contributed by atoms with van der Waals surface area (Å²) in [6, 6.07) is 4.10. The Morgan fingerprint density at radius 2 is 1.79 bits per heavy atom. The number of benzene rings is 1. The first kappa shape index (κ1) is 16.3. The molecule has 2 nitrogen and oxygen atoms in total. The molecule has 0 fully saturated rings. The van der Waals surface area contributed by atoms with Crippen LogP contribution in [0.1, 0.15) is 31.2 Å². The molecule has 0 aliphatic carbocycles. The van der Waals surface area contributed by atoms with Crippen LogP contribution in [0.15, 0.2) is 22.7 Å². The molecule has 0 amide bonds. The van der Waals surface area contributed by atoms with Crippen molar-refractivity contribution in [2.75, 3.05) is 18.5 Å². The average molecular weight is 340 g/mol. The Morgan fingerprint density at radius 3 is 2.42 bits per heavy atom. The maximum atomic E-state index is 12.8. The molecule has 108 valence electrons. The van der Waals surface area contributed by atoms with Gasteiger partial charge in [0.25, 0.3) is 0 Å². The molecule has 0 saturated carbocycles. The van der Waals surface area contributed by atoms with Gasteiger partial charge in [0, 0.05) is 23.3 Å². The van der Waals surface area contributed by atoms with Gasteiger partial charge in [0.05, 0.1) is 5.56 Å². The lowest BCUT2D eigenvalue weighted by Crippen LogP contribution is -2.11. The van der Waals surface area contributed by atoms with Gasteiger partial charge in [-0.1, -0.05) is 28.8 Å². The van der Waals surface area contributed by atoms with Crippen LogP contribution in [0.2, 0.25) is 0 Å². The lowest BCUT2D eigenvalue weighted by atomic mass is 10.1. The van der Waals surface area contributed by atoms with E-state index >= 15 is 0 Å². The highest BCUT2D eigenvalue weighted by atomic mass is 79.9. The number of unbranched alkanes of at least 4 members (excludes halogenated alkanes) is 3. The molecule has 1 rings (SSSR count). The van der Waals surface area contributed by atoms with Gasteiger partial charge in [-0.05, 0) is 31.0 Å². The molecule has 1 aromatic carbocycles. The molecule has 0 radical (unpaired) electrons. The second-order valence-electron chi connectivity index (χ2n) is 4.25. The summed E-state index contributed by atoms with van der Waals surface area (Å²) in [5, 5.41) is 11.4. The molecule has 0 aromatic heterocycles. The SMILES string of the molecule is OCCCCCCNc1ccc(Br)cc1C(F)(F)F. The number of aliphatic hydroxyl groups excluding tert-OH is 1. The lowest BCUT2D eigenvalue weighted by molar-refractivity contribution is -0.137. The van der Waals surface area contributed by atoms with Crippen molar-refractivity contribution < 1.29 is 18.3 Å². The van der Waals surface area contributed by atoms with E-state index in [1.54, 1.807) is 6.07 Å². The van der Waals surface area contributed by atoms with E-state index in [4.69, 9.17) is 5.11 Å². The summed E-state index contributed by atoms with van der Waals surface area (Å²) in [5.74, 6) is 0. The van der Waals surface area contributed by atoms with Crippen LogP contribution in [0.4, 0.5) is 18.9 Å². The maximum absolute atomic E-state index is 12.8. The van der Waals surface area contributed by atoms with Gasteiger partial charge in [-0.25, -0.2) is 0 Å². The summed E-state index contributed by atoms with van der Waals surface area (Å²) < 4.78 is 38.9. The van der Waals surface area contributed by atoms with Crippen molar-refractivity contribution in [3.8, 4) is 0 Å². The Kier molecular flexibility index (Phi) is 6.65. The number of hydrogen-bond acceptors (Lipinski definition) is 2. The number of nitrogens with one attached hydrogen (secondary N) is 1. The van der Waals surface area contributed by atoms with Crippen LogP contribution in [0.25, 0.3) is 0 Å². The van der Waals surface area contributed by atoms with Crippen molar-refractivity contribution >= 4 is 21.6 Å². The molecule has 2 N–H and O–H groups in total. The minimum atomic E-state index is -4.36. The minimum absolute atomic E-state index is 0.109. The second-order valence-corrected chi connectivity index (χ2v) is 5.17. The summed E-state index contributed by atoms with van der Waals surface area (Å²) in [6.07, 6.45) is -1.04. The van der Waals surface area contributed by atoms with Gasteiger partial charge in [0.15, 0.2) is 0 Å². The summed E-state index contributed by atoms with van der Waals surface area (Å²) in [4.78, 5) is 0. The van der Waals surface area contributed by atoms with Gasteiger partial charge >= 0.3 is 6.18 Å². The van der Waals surface area contributed by atoms with Crippen molar-refractivity contribution in [2.24, 2.45) is 0 Å². The van der Waals surface area contributed by atoms with Gasteiger partial charge in [-0.3, -0.25) is 0 Å². The molecule has 0 aliphatic rings. The predicted octanol–water partition coefficient (Wildman–Crippen LogP) is 4.43. The topological polar surface area (TPSA) is 32.3 Å². The molecule has 0 spiro atoms. The highest BCUT2D eigenvalue weighted by Gasteiger charge is 2.33. The third kappa shape index (κ3) is 5.82. The fourth-order valence-corrected chi connectivity index (χ4v) is 2.08. The van der Waals surface area contributed by atoms with Gasteiger partial charge in [0.1, 0.15) is 0 Å². The molecule has 0 heterocycles. The molecular weight excluding hydrogens is 323 g/mol. The van der Waals surface area contributed by atoms with E-state index in [0.29, 0.717) is 11.0 Å². The van der Waals surface area contributed by atoms with Gasteiger partial charge in [-0.15, -0.1) is 0 Å². The van der Waals surface area contributed by atoms with Crippen molar-refractivity contribution in [3.05, 3.63) is 28.2 Å². The summed E-state index contributed by atoms with van der Waals surface area (Å²) >= 11 is 3.05. The molecule has 0 atom stereocenters. The Bertz CT molecular complexity index is 396. The van der Waals surface area contributed by atoms with Crippen LogP contribution in [-0.4, -0.2) is 18.3 Å². The highest BCUT2D eigenvalue weighted by Crippen LogP contribution is 2.36. The van der Waals surface area contributed by atoms with Gasteiger partial charge < -0.3 is 10.4 Å². The van der Waals surface area contributed by atoms with Crippen molar-refractivity contribution in [1.82, 2.24) is 0 Å². The van der Waals surface area contributed by atoms with Crippen LogP contribution >= 0.6 is 15.9 Å². The first-order chi connectivity index (χ1) is 8.95. The fraction of sp³-hybridized carbons (Fsp3) is 0.538. The average Bonchev–Trinajstić information content (AvgIpc) is 2.34. The zero-order chi connectivity index (χ0) is 14.3. The largest absolute Gasteiger partial charge is 0.418 e. The van der Waals surface area contributed by atoms with Crippen molar-refractivity contribution in [1.29, 1.82) is 0 Å². The Labute approximate surface area is 119 Å². The lowest BCUT2D eigenvalue weighted by Gasteiger charge is -2.15. The third-order valence-electron chi connectivity index (χ3n) is 2.69. The maximum Gasteiger partial charge on any atom is 0.418 e. The summed E-state index contributed by atoms with van der Waals surface area (Å²) in [5.41, 5.74) is -0.546. The first-order valence-electron chi connectivity index (χ1n) is 6.16. The fourth-order valence-electron chi connectivity index (χ4n) is 1.72. The number of hydrogen-bond donors (Lipinski definition) is 2. The van der Waals surface area contributed by atoms with E-state index in [2.05, 4.69) is 21.2 Å². The van der Waals surface area contributed by atoms with E-state index in [1.165, 1.54) is 6.07 Å². The van der Waals surface area contributed by atoms with Crippen LogP contribution in [-0.2, 0) is 6.18 Å². The highest BCUT2D eigenvalue weighted by molar-refractivity contribution is 9.10. The Balaban J connectivity index is 2.54. The van der Waals surface area contributed by atoms with Gasteiger partial charge in [-0.2, -0.15) is 13.2 Å². The third-order valence-corrected chi connectivity index (χ3v) is 3.18. The monoisotopic (exact) mass is 339 g/mol. The minimum Gasteiger partial charge on any atom is -0.396 e. The zero-order valence-corrected chi connectivity index (χ0v) is 12.0. The van der Waals surface area contributed by atoms with E-state index in [1.807, 2.05) is 0 Å². The van der Waals surface area contributed by atoms with Crippen molar-refractivity contribution in [3.63, 3.8) is 0 Å². The number of alkyl halides is 3. The van der Waals surface area contributed by atoms with Crippen LogP contribution in [0.3, 0.4) is 0 Å². The number of rotatable bonds is 7. The normalized spacial score (nSPS) is 11.6. The molecule has 0 unspecified atom stereocenters. The smallest absolute Gasteiger partial charge is 0.396 e. The summed E-state index contributed by atoms with van der Waals surface area (Å²) in [7, 11) is 0. The second kappa shape index (κ2) is 7.75. The molecule has 0 saturated heterocycles. The summed E-state index contributed by atoms with van der Waals surface area (Å²) in [6.45, 7) is 0.661. The standard InChI is InChI=1S/C13H17BrF3NO/c14-10-5-6-12(11(9-10)13(15,16)17)18-7-3-1-2-4-8-19/h5-6,9,18-19H,1-4,7-8H2. The van der Waals surface area contributed by atoms with Crippen LogP contribution in [0, 0.1) is 0 Å². The zero-order valence-electron chi connectivity index (χ0n) is 10.4. The molecule has 0 bridgehead atoms. The van der Waals surface area contributed by atoms with Crippen molar-refractivity contribution in [2.45, 2.75) is 31.9 Å². The molecule has 19 heavy (non-hydrogen) atoms. The van der Waals surface area contributed by atoms with Gasteiger partial charge in [0.2, 0.25) is 0 Å². The van der Waals surface area contributed by atoms with E-state index in [9.17, 15) is 13.2 Å². The number of anilines is 1. The van der Waals surface area contributed by atoms with E-state index < -0.39 is 11.7 Å². The molecule has 6 heteroatoms. The van der Waals surface area contributed by atoms with Crippen LogP contribution < -0.4 is 5.32 Å². The van der Waals surface area contributed by atoms with Crippen LogP contribution in [0.5, 0.6) is 0 Å². The van der Waals surface area contributed by atoms with E-state index in [-0.39, 0.29) is 12.3 Å².